The molecule has 2 aromatic rings. The van der Waals surface area contributed by atoms with Gasteiger partial charge in [-0.25, -0.2) is 0 Å². The second kappa shape index (κ2) is 25.3. The molecule has 4 unspecified atom stereocenters. The highest BCUT2D eigenvalue weighted by Gasteiger charge is 2.31. The molecule has 14 N–H and O–H groups in total. The molecule has 2 aromatic carbocycles. The number of hydrogen-bond donors (Lipinski definition) is 14. The molecule has 0 aromatic heterocycles. The van der Waals surface area contributed by atoms with Crippen LogP contribution in [0.25, 0.3) is 0 Å². The van der Waals surface area contributed by atoms with Crippen molar-refractivity contribution in [3.05, 3.63) is 43.7 Å². The van der Waals surface area contributed by atoms with Crippen LogP contribution in [0.1, 0.15) is 47.9 Å². The van der Waals surface area contributed by atoms with Crippen molar-refractivity contribution in [2.75, 3.05) is 63.2 Å². The number of hydrogen-bond acceptors (Lipinski definition) is 14. The van der Waals surface area contributed by atoms with Crippen molar-refractivity contribution in [3.63, 3.8) is 0 Å². The molecule has 20 nitrogen and oxygen atoms in total. The van der Waals surface area contributed by atoms with E-state index in [4.69, 9.17) is 10.2 Å². The van der Waals surface area contributed by atoms with E-state index >= 15 is 0 Å². The van der Waals surface area contributed by atoms with Crippen molar-refractivity contribution in [1.82, 2.24) is 21.3 Å². The first-order valence-electron chi connectivity index (χ1n) is 16.1. The molecule has 0 spiro atoms. The maximum atomic E-state index is 13.6. The van der Waals surface area contributed by atoms with Crippen molar-refractivity contribution < 1.29 is 69.6 Å². The van der Waals surface area contributed by atoms with Crippen LogP contribution in [0.3, 0.4) is 0 Å². The van der Waals surface area contributed by atoms with Crippen LogP contribution in [-0.2, 0) is 9.59 Å². The molecule has 0 heterocycles. The van der Waals surface area contributed by atoms with Crippen LogP contribution >= 0.6 is 136 Å². The first kappa shape index (κ1) is 52.5. The highest BCUT2D eigenvalue weighted by atomic mass is 127. The largest absolute Gasteiger partial charge is 0.394 e. The van der Waals surface area contributed by atoms with Gasteiger partial charge in [0.1, 0.15) is 25.4 Å². The summed E-state index contributed by atoms with van der Waals surface area (Å²) in [5.41, 5.74) is -0.0402. The maximum absolute atomic E-state index is 13.6. The maximum Gasteiger partial charge on any atom is 0.253 e. The van der Waals surface area contributed by atoms with Crippen LogP contribution in [0.2, 0.25) is 0 Å². The van der Waals surface area contributed by atoms with E-state index in [2.05, 4.69) is 31.9 Å². The summed E-state index contributed by atoms with van der Waals surface area (Å²) in [7, 11) is 0. The summed E-state index contributed by atoms with van der Waals surface area (Å²) in [4.78, 5) is 78.1. The van der Waals surface area contributed by atoms with Gasteiger partial charge in [0.15, 0.2) is 0 Å². The summed E-state index contributed by atoms with van der Waals surface area (Å²) in [6.07, 6.45) is -5.93. The molecule has 6 amide bonds. The van der Waals surface area contributed by atoms with Crippen LogP contribution in [0.5, 0.6) is 0 Å². The molecule has 0 aliphatic carbocycles. The topological polar surface area (TPSA) is 336 Å². The fourth-order valence-electron chi connectivity index (χ4n) is 4.46. The van der Waals surface area contributed by atoms with Crippen LogP contribution in [0.15, 0.2) is 0 Å². The number of nitrogens with one attached hydrogen (secondary N) is 6. The molecular formula is C31H36I6N6O14. The predicted octanol–water partition coefficient (Wildman–Crippen LogP) is -1.39. The zero-order chi connectivity index (χ0) is 43.3. The number of amides is 6. The molecule has 26 heteroatoms. The Labute approximate surface area is 406 Å². The van der Waals surface area contributed by atoms with Crippen LogP contribution in [0.4, 0.5) is 11.4 Å². The number of benzene rings is 2. The lowest BCUT2D eigenvalue weighted by molar-refractivity contribution is -0.119. The molecule has 0 saturated carbocycles. The Balaban J connectivity index is 2.33. The number of aliphatic hydroxyl groups excluding tert-OH is 8. The monoisotopic (exact) mass is 1480 g/mol. The smallest absolute Gasteiger partial charge is 0.253 e. The Kier molecular flexibility index (Phi) is 23.3. The van der Waals surface area contributed by atoms with Gasteiger partial charge in [0.25, 0.3) is 23.6 Å². The molecule has 0 saturated heterocycles. The normalized spacial score (nSPS) is 13.2. The Hall–Kier alpha value is -0.680. The van der Waals surface area contributed by atoms with E-state index in [1.807, 2.05) is 0 Å². The van der Waals surface area contributed by atoms with Gasteiger partial charge in [-0.3, -0.25) is 28.8 Å². The van der Waals surface area contributed by atoms with Gasteiger partial charge in [-0.05, 0) is 142 Å². The highest BCUT2D eigenvalue weighted by Crippen LogP contribution is 2.37. The Morgan fingerprint density at radius 3 is 0.982 bits per heavy atom. The van der Waals surface area contributed by atoms with Crippen LogP contribution in [0, 0.1) is 21.4 Å². The van der Waals surface area contributed by atoms with E-state index in [0.717, 1.165) is 0 Å². The van der Waals surface area contributed by atoms with Gasteiger partial charge in [0.2, 0.25) is 11.8 Å². The van der Waals surface area contributed by atoms with Gasteiger partial charge >= 0.3 is 0 Å². The zero-order valence-electron chi connectivity index (χ0n) is 29.0. The number of aliphatic hydroxyl groups is 8. The number of halogens is 6. The fourth-order valence-corrected chi connectivity index (χ4v) is 13.3. The van der Waals surface area contributed by atoms with Crippen molar-refractivity contribution in [2.24, 2.45) is 0 Å². The van der Waals surface area contributed by atoms with Crippen molar-refractivity contribution >= 4 is 182 Å². The standard InChI is InChI=1S/C31H36I6N6O14/c32-20-16(22(34)26(42-14(52)8-46)24(36)18(20)30(56)40-4-10(48)12(50)6-44)28(54)38-2-1-3-39-29(55)17-21(33)19(31(57)41-5-11(49)13(51)7-45)25(37)27(23(17)35)43-15(53)9-47/h10-13,44-51H,1-9H2,(H,38,54)(H,39,55)(H,40,56)(H,41,57)(H,42,52)(H,43,53). The molecule has 57 heavy (non-hydrogen) atoms. The van der Waals surface area contributed by atoms with Gasteiger partial charge in [-0.2, -0.15) is 0 Å². The van der Waals surface area contributed by atoms with E-state index in [-0.39, 0.29) is 74.6 Å². The van der Waals surface area contributed by atoms with Crippen molar-refractivity contribution in [2.45, 2.75) is 30.8 Å². The average Bonchev–Trinajstić information content (AvgIpc) is 3.17. The highest BCUT2D eigenvalue weighted by molar-refractivity contribution is 14.1. The van der Waals surface area contributed by atoms with E-state index in [9.17, 15) is 59.4 Å². The third-order valence-electron chi connectivity index (χ3n) is 7.49. The van der Waals surface area contributed by atoms with Crippen LogP contribution < -0.4 is 31.9 Å². The first-order valence-corrected chi connectivity index (χ1v) is 22.5. The first-order chi connectivity index (χ1) is 26.8. The number of rotatable bonds is 20. The molecule has 2 rings (SSSR count). The summed E-state index contributed by atoms with van der Waals surface area (Å²) >= 11 is 10.7. The van der Waals surface area contributed by atoms with Crippen molar-refractivity contribution in [3.8, 4) is 0 Å². The van der Waals surface area contributed by atoms with E-state index in [1.54, 1.807) is 136 Å². The minimum absolute atomic E-state index is 0.0142. The molecule has 0 aliphatic rings. The molecule has 0 aliphatic heterocycles. The summed E-state index contributed by atoms with van der Waals surface area (Å²) in [6.45, 7) is -4.27. The molecule has 4 atom stereocenters. The quantitative estimate of drug-likeness (QED) is 0.0537. The van der Waals surface area contributed by atoms with Gasteiger partial charge in [0.05, 0.1) is 73.3 Å². The average molecular weight is 1480 g/mol. The second-order valence-corrected chi connectivity index (χ2v) is 17.9. The lowest BCUT2D eigenvalue weighted by Gasteiger charge is -2.21. The Morgan fingerprint density at radius 2 is 0.719 bits per heavy atom. The summed E-state index contributed by atoms with van der Waals surface area (Å²) in [5, 5.41) is 91.4. The number of carbonyl (C=O) groups is 6. The number of carbonyl (C=O) groups excluding carboxylic acids is 6. The Morgan fingerprint density at radius 1 is 0.439 bits per heavy atom. The minimum atomic E-state index is -1.53. The zero-order valence-corrected chi connectivity index (χ0v) is 41.9. The second-order valence-electron chi connectivity index (χ2n) is 11.5. The molecule has 316 valence electrons. The summed E-state index contributed by atoms with van der Waals surface area (Å²) < 4.78 is 1.19. The lowest BCUT2D eigenvalue weighted by Crippen LogP contribution is -2.41. The van der Waals surface area contributed by atoms with Gasteiger partial charge in [-0.1, -0.05) is 0 Å². The Bertz CT molecular complexity index is 1730. The molecule has 0 bridgehead atoms. The lowest BCUT2D eigenvalue weighted by atomic mass is 10.1. The van der Waals surface area contributed by atoms with Gasteiger partial charge in [0, 0.05) is 33.3 Å². The van der Waals surface area contributed by atoms with Gasteiger partial charge in [-0.15, -0.1) is 0 Å². The SMILES string of the molecule is O=C(CO)Nc1c(I)c(C(=O)NCCCNC(=O)c2c(I)c(NC(=O)CO)c(I)c(C(=O)NCC(O)C(O)CO)c2I)c(I)c(C(=O)NCC(O)C(O)CO)c1I. The third kappa shape index (κ3) is 14.2. The van der Waals surface area contributed by atoms with Gasteiger partial charge < -0.3 is 72.8 Å². The molecular weight excluding hydrogens is 1440 g/mol. The fraction of sp³-hybridized carbons (Fsp3) is 0.419. The minimum Gasteiger partial charge on any atom is -0.394 e. The van der Waals surface area contributed by atoms with Crippen LogP contribution in [-0.4, -0.2) is 153 Å². The van der Waals surface area contributed by atoms with E-state index < -0.39 is 99.4 Å². The number of anilines is 2. The summed E-state index contributed by atoms with van der Waals surface area (Å²) in [6, 6.07) is 0. The summed E-state index contributed by atoms with van der Waals surface area (Å²) in [5.74, 6) is -4.56. The van der Waals surface area contributed by atoms with Crippen molar-refractivity contribution in [1.29, 1.82) is 0 Å². The molecule has 0 radical (unpaired) electrons. The third-order valence-corrected chi connectivity index (χ3v) is 14.0. The molecule has 0 fully saturated rings. The predicted molar refractivity (Wildman–Crippen MR) is 253 cm³/mol. The van der Waals surface area contributed by atoms with E-state index in [0.29, 0.717) is 0 Å². The van der Waals surface area contributed by atoms with E-state index in [1.165, 1.54) is 0 Å².